The van der Waals surface area contributed by atoms with Crippen LogP contribution in [0.2, 0.25) is 0 Å². The van der Waals surface area contributed by atoms with Gasteiger partial charge in [-0.1, -0.05) is 44.2 Å². The second-order valence-electron chi connectivity index (χ2n) is 5.46. The fraction of sp³-hybridized carbons (Fsp3) is 0.562. The highest BCUT2D eigenvalue weighted by atomic mass is 15.0. The van der Waals surface area contributed by atoms with Gasteiger partial charge in [0.2, 0.25) is 0 Å². The third kappa shape index (κ3) is 3.26. The van der Waals surface area contributed by atoms with E-state index >= 15 is 0 Å². The Morgan fingerprint density at radius 3 is 2.39 bits per heavy atom. The molecule has 0 spiro atoms. The molecule has 1 aliphatic rings. The molecule has 1 aliphatic carbocycles. The van der Waals surface area contributed by atoms with Crippen LogP contribution in [0.1, 0.15) is 50.5 Å². The molecule has 1 fully saturated rings. The topological polar surface area (TPSA) is 35.8 Å². The number of rotatable bonds is 2. The van der Waals surface area contributed by atoms with Crippen LogP contribution in [0.3, 0.4) is 0 Å². The van der Waals surface area contributed by atoms with Crippen LogP contribution in [-0.4, -0.2) is 5.54 Å². The van der Waals surface area contributed by atoms with Gasteiger partial charge in [0.25, 0.3) is 0 Å². The first-order valence-corrected chi connectivity index (χ1v) is 7.00. The van der Waals surface area contributed by atoms with Crippen molar-refractivity contribution >= 4 is 5.69 Å². The molecule has 0 amide bonds. The van der Waals surface area contributed by atoms with Gasteiger partial charge in [-0.15, -0.1) is 0 Å². The molecule has 2 rings (SSSR count). The van der Waals surface area contributed by atoms with E-state index in [4.69, 9.17) is 0 Å². The fourth-order valence-corrected chi connectivity index (χ4v) is 2.77. The quantitative estimate of drug-likeness (QED) is 0.833. The Morgan fingerprint density at radius 2 is 1.78 bits per heavy atom. The third-order valence-electron chi connectivity index (χ3n) is 3.82. The van der Waals surface area contributed by atoms with E-state index < -0.39 is 0 Å². The van der Waals surface area contributed by atoms with E-state index in [9.17, 15) is 5.26 Å². The normalized spacial score (nSPS) is 19.3. The average molecular weight is 242 g/mol. The molecule has 1 aromatic carbocycles. The smallest absolute Gasteiger partial charge is 0.125 e. The van der Waals surface area contributed by atoms with Crippen LogP contribution >= 0.6 is 0 Å². The maximum absolute atomic E-state index is 9.58. The molecule has 0 aliphatic heterocycles. The molecule has 2 nitrogen and oxygen atoms in total. The second kappa shape index (κ2) is 5.91. The molecule has 1 N–H and O–H groups in total. The van der Waals surface area contributed by atoms with Crippen LogP contribution in [0.25, 0.3) is 0 Å². The van der Waals surface area contributed by atoms with Crippen LogP contribution < -0.4 is 5.32 Å². The molecule has 0 aromatic heterocycles. The first-order chi connectivity index (χ1) is 8.74. The number of aryl methyl sites for hydroxylation is 1. The number of nitrogens with zero attached hydrogens (tertiary/aromatic N) is 1. The summed E-state index contributed by atoms with van der Waals surface area (Å²) in [6.45, 7) is 2.09. The number of nitrogens with one attached hydrogen (secondary N) is 1. The molecule has 2 heteroatoms. The van der Waals surface area contributed by atoms with Gasteiger partial charge in [0.1, 0.15) is 5.54 Å². The number of nitriles is 1. The zero-order chi connectivity index (χ0) is 12.8. The van der Waals surface area contributed by atoms with Crippen molar-refractivity contribution in [1.29, 1.82) is 5.26 Å². The first kappa shape index (κ1) is 13.0. The third-order valence-corrected chi connectivity index (χ3v) is 3.82. The van der Waals surface area contributed by atoms with Gasteiger partial charge in [-0.25, -0.2) is 0 Å². The van der Waals surface area contributed by atoms with Crippen molar-refractivity contribution in [2.75, 3.05) is 5.32 Å². The van der Waals surface area contributed by atoms with Gasteiger partial charge in [0.15, 0.2) is 0 Å². The number of hydrogen-bond acceptors (Lipinski definition) is 2. The summed E-state index contributed by atoms with van der Waals surface area (Å²) in [5, 5.41) is 13.1. The summed E-state index contributed by atoms with van der Waals surface area (Å²) < 4.78 is 0. The molecule has 0 saturated heterocycles. The van der Waals surface area contributed by atoms with E-state index in [0.29, 0.717) is 0 Å². The van der Waals surface area contributed by atoms with E-state index in [1.54, 1.807) is 0 Å². The van der Waals surface area contributed by atoms with Gasteiger partial charge in [-0.2, -0.15) is 5.26 Å². The molecule has 18 heavy (non-hydrogen) atoms. The number of hydrogen-bond donors (Lipinski definition) is 1. The lowest BCUT2D eigenvalue weighted by Crippen LogP contribution is -2.37. The molecule has 0 bridgehead atoms. The van der Waals surface area contributed by atoms with E-state index in [-0.39, 0.29) is 5.54 Å². The van der Waals surface area contributed by atoms with E-state index in [1.165, 1.54) is 24.8 Å². The summed E-state index contributed by atoms with van der Waals surface area (Å²) in [7, 11) is 0. The van der Waals surface area contributed by atoms with E-state index in [1.807, 2.05) is 6.07 Å². The Morgan fingerprint density at radius 1 is 1.11 bits per heavy atom. The fourth-order valence-electron chi connectivity index (χ4n) is 2.77. The van der Waals surface area contributed by atoms with Crippen molar-refractivity contribution in [1.82, 2.24) is 0 Å². The lowest BCUT2D eigenvalue weighted by molar-refractivity contribution is 0.410. The summed E-state index contributed by atoms with van der Waals surface area (Å²) in [5.74, 6) is 0. The summed E-state index contributed by atoms with van der Waals surface area (Å²) in [6, 6.07) is 10.9. The van der Waals surface area contributed by atoms with Gasteiger partial charge in [0.05, 0.1) is 6.07 Å². The lowest BCUT2D eigenvalue weighted by Gasteiger charge is -2.31. The maximum Gasteiger partial charge on any atom is 0.125 e. The molecule has 1 saturated carbocycles. The van der Waals surface area contributed by atoms with Crippen LogP contribution in [0.15, 0.2) is 24.3 Å². The van der Waals surface area contributed by atoms with Gasteiger partial charge in [-0.3, -0.25) is 0 Å². The summed E-state index contributed by atoms with van der Waals surface area (Å²) in [6.07, 6.45) is 8.11. The second-order valence-corrected chi connectivity index (χ2v) is 5.46. The molecular formula is C16H22N2. The minimum Gasteiger partial charge on any atom is -0.367 e. The Labute approximate surface area is 110 Å². The maximum atomic E-state index is 9.58. The van der Waals surface area contributed by atoms with Crippen molar-refractivity contribution in [2.24, 2.45) is 0 Å². The Kier molecular flexibility index (Phi) is 4.25. The molecule has 1 aromatic rings. The molecule has 0 heterocycles. The minimum atomic E-state index is -0.353. The number of anilines is 1. The largest absolute Gasteiger partial charge is 0.367 e. The highest BCUT2D eigenvalue weighted by Gasteiger charge is 2.29. The first-order valence-electron chi connectivity index (χ1n) is 7.00. The van der Waals surface area contributed by atoms with E-state index in [2.05, 4.69) is 36.5 Å². The van der Waals surface area contributed by atoms with Crippen molar-refractivity contribution in [3.8, 4) is 6.07 Å². The Bertz CT molecular complexity index is 423. The van der Waals surface area contributed by atoms with Crippen LogP contribution in [-0.2, 0) is 0 Å². The van der Waals surface area contributed by atoms with Crippen molar-refractivity contribution < 1.29 is 0 Å². The molecule has 0 unspecified atom stereocenters. The number of benzene rings is 1. The van der Waals surface area contributed by atoms with Crippen LogP contribution in [0.5, 0.6) is 0 Å². The lowest BCUT2D eigenvalue weighted by atomic mass is 9.85. The Balaban J connectivity index is 2.13. The highest BCUT2D eigenvalue weighted by molar-refractivity contribution is 5.49. The molecule has 0 atom stereocenters. The van der Waals surface area contributed by atoms with Gasteiger partial charge in [0, 0.05) is 5.69 Å². The van der Waals surface area contributed by atoms with Gasteiger partial charge < -0.3 is 5.32 Å². The minimum absolute atomic E-state index is 0.353. The van der Waals surface area contributed by atoms with Gasteiger partial charge in [-0.05, 0) is 37.5 Å². The van der Waals surface area contributed by atoms with Crippen molar-refractivity contribution in [3.05, 3.63) is 29.8 Å². The standard InChI is InChI=1S/C16H22N2/c1-14-8-7-9-15(12-14)18-16(13-17)10-5-3-2-4-6-11-16/h7-9,12,18H,2-6,10-11H2,1H3. The summed E-state index contributed by atoms with van der Waals surface area (Å²) >= 11 is 0. The monoisotopic (exact) mass is 242 g/mol. The predicted octanol–water partition coefficient (Wildman–Crippen LogP) is 4.41. The summed E-state index contributed by atoms with van der Waals surface area (Å²) in [4.78, 5) is 0. The van der Waals surface area contributed by atoms with Gasteiger partial charge >= 0.3 is 0 Å². The Hall–Kier alpha value is -1.49. The predicted molar refractivity (Wildman–Crippen MR) is 75.5 cm³/mol. The van der Waals surface area contributed by atoms with Crippen LogP contribution in [0.4, 0.5) is 5.69 Å². The average Bonchev–Trinajstić information content (AvgIpc) is 2.33. The molecule has 96 valence electrons. The summed E-state index contributed by atoms with van der Waals surface area (Å²) in [5.41, 5.74) is 1.96. The van der Waals surface area contributed by atoms with Crippen molar-refractivity contribution in [3.63, 3.8) is 0 Å². The zero-order valence-electron chi connectivity index (χ0n) is 11.2. The highest BCUT2D eigenvalue weighted by Crippen LogP contribution is 2.29. The zero-order valence-corrected chi connectivity index (χ0v) is 11.2. The van der Waals surface area contributed by atoms with Crippen molar-refractivity contribution in [2.45, 2.75) is 57.4 Å². The van der Waals surface area contributed by atoms with E-state index in [0.717, 1.165) is 31.4 Å². The SMILES string of the molecule is Cc1cccc(NC2(C#N)CCCCCCC2)c1. The van der Waals surface area contributed by atoms with Crippen LogP contribution in [0, 0.1) is 18.3 Å². The molecule has 0 radical (unpaired) electrons. The molecular weight excluding hydrogens is 220 g/mol.